The summed E-state index contributed by atoms with van der Waals surface area (Å²) in [6.07, 6.45) is 5.81. The van der Waals surface area contributed by atoms with Gasteiger partial charge in [0.15, 0.2) is 0 Å². The second-order valence-corrected chi connectivity index (χ2v) is 7.12. The average Bonchev–Trinajstić information content (AvgIpc) is 2.69. The van der Waals surface area contributed by atoms with Gasteiger partial charge in [0.05, 0.1) is 19.3 Å². The molecule has 3 rings (SSSR count). The van der Waals surface area contributed by atoms with E-state index in [1.807, 2.05) is 4.90 Å². The Morgan fingerprint density at radius 2 is 2.04 bits per heavy atom. The molecule has 1 aromatic rings. The normalized spacial score (nSPS) is 26.2. The molecule has 1 aliphatic heterocycles. The van der Waals surface area contributed by atoms with Gasteiger partial charge in [-0.15, -0.1) is 0 Å². The van der Waals surface area contributed by atoms with E-state index in [1.54, 1.807) is 12.1 Å². The molecule has 1 aromatic heterocycles. The first-order valence-electron chi connectivity index (χ1n) is 9.36. The number of carbonyl (C=O) groups is 2. The van der Waals surface area contributed by atoms with E-state index in [0.717, 1.165) is 25.9 Å². The first kappa shape index (κ1) is 18.6. The largest absolute Gasteiger partial charge is 0.497 e. The van der Waals surface area contributed by atoms with Crippen molar-refractivity contribution in [3.05, 3.63) is 24.0 Å². The Balaban J connectivity index is 1.62. The number of pyridine rings is 1. The lowest BCUT2D eigenvalue weighted by atomic mass is 9.82. The highest BCUT2D eigenvalue weighted by atomic mass is 16.5. The summed E-state index contributed by atoms with van der Waals surface area (Å²) in [6, 6.07) is 2.78. The Hall–Kier alpha value is -2.15. The van der Waals surface area contributed by atoms with Crippen LogP contribution in [-0.4, -0.2) is 59.1 Å². The van der Waals surface area contributed by atoms with Crippen LogP contribution in [-0.2, 0) is 4.79 Å². The number of aliphatic hydroxyl groups excluding tert-OH is 1. The molecule has 2 N–H and O–H groups in total. The molecule has 142 valence electrons. The predicted molar refractivity (Wildman–Crippen MR) is 95.8 cm³/mol. The van der Waals surface area contributed by atoms with Crippen LogP contribution in [0.3, 0.4) is 0 Å². The van der Waals surface area contributed by atoms with Gasteiger partial charge >= 0.3 is 0 Å². The number of carbonyl (C=O) groups excluding carboxylic acids is 2. The van der Waals surface area contributed by atoms with Gasteiger partial charge in [0, 0.05) is 31.3 Å². The number of likely N-dealkylation sites (tertiary alicyclic amines) is 1. The molecule has 2 fully saturated rings. The van der Waals surface area contributed by atoms with Gasteiger partial charge < -0.3 is 20.1 Å². The van der Waals surface area contributed by atoms with Crippen LogP contribution in [0.1, 0.15) is 49.0 Å². The fourth-order valence-corrected chi connectivity index (χ4v) is 3.81. The minimum absolute atomic E-state index is 0.139. The smallest absolute Gasteiger partial charge is 0.270 e. The van der Waals surface area contributed by atoms with Crippen LogP contribution in [0.5, 0.6) is 5.75 Å². The van der Waals surface area contributed by atoms with Gasteiger partial charge in [0.2, 0.25) is 5.91 Å². The summed E-state index contributed by atoms with van der Waals surface area (Å²) in [5.41, 5.74) is 0.237. The third-order valence-corrected chi connectivity index (χ3v) is 5.35. The van der Waals surface area contributed by atoms with Gasteiger partial charge in [0.25, 0.3) is 5.91 Å². The van der Waals surface area contributed by atoms with Crippen LogP contribution in [0, 0.1) is 5.92 Å². The van der Waals surface area contributed by atoms with Gasteiger partial charge in [-0.2, -0.15) is 0 Å². The molecular weight excluding hydrogens is 334 g/mol. The third-order valence-electron chi connectivity index (χ3n) is 5.35. The van der Waals surface area contributed by atoms with Gasteiger partial charge in [-0.3, -0.25) is 14.6 Å². The SMILES string of the molecule is COc1ccnc(C(=O)N[C@@H]2C[C@@H](C(=O)N3CCCCC3)CC[C@H]2O)c1. The number of amides is 2. The second-order valence-electron chi connectivity index (χ2n) is 7.12. The minimum Gasteiger partial charge on any atom is -0.497 e. The van der Waals surface area contributed by atoms with Crippen molar-refractivity contribution >= 4 is 11.8 Å². The highest BCUT2D eigenvalue weighted by Gasteiger charge is 2.36. The fraction of sp³-hybridized carbons (Fsp3) is 0.632. The van der Waals surface area contributed by atoms with Crippen LogP contribution >= 0.6 is 0 Å². The van der Waals surface area contributed by atoms with E-state index in [9.17, 15) is 14.7 Å². The Morgan fingerprint density at radius 1 is 1.27 bits per heavy atom. The zero-order valence-corrected chi connectivity index (χ0v) is 15.2. The lowest BCUT2D eigenvalue weighted by Gasteiger charge is -2.36. The van der Waals surface area contributed by atoms with Crippen molar-refractivity contribution in [2.45, 2.75) is 50.7 Å². The fourth-order valence-electron chi connectivity index (χ4n) is 3.81. The van der Waals surface area contributed by atoms with E-state index in [4.69, 9.17) is 4.74 Å². The Bertz CT molecular complexity index is 645. The van der Waals surface area contributed by atoms with Crippen LogP contribution < -0.4 is 10.1 Å². The van der Waals surface area contributed by atoms with Crippen LogP contribution in [0.25, 0.3) is 0 Å². The van der Waals surface area contributed by atoms with Crippen molar-refractivity contribution in [1.29, 1.82) is 0 Å². The van der Waals surface area contributed by atoms with Gasteiger partial charge in [-0.1, -0.05) is 0 Å². The Kier molecular flexibility index (Phi) is 6.08. The van der Waals surface area contributed by atoms with E-state index >= 15 is 0 Å². The van der Waals surface area contributed by atoms with Crippen LogP contribution in [0.15, 0.2) is 18.3 Å². The molecule has 0 unspecified atom stereocenters. The van der Waals surface area contributed by atoms with Crippen molar-refractivity contribution in [2.75, 3.05) is 20.2 Å². The number of rotatable bonds is 4. The molecule has 0 aromatic carbocycles. The first-order chi connectivity index (χ1) is 12.6. The molecule has 1 aliphatic carbocycles. The molecule has 3 atom stereocenters. The summed E-state index contributed by atoms with van der Waals surface area (Å²) in [5, 5.41) is 13.1. The third kappa shape index (κ3) is 4.33. The summed E-state index contributed by atoms with van der Waals surface area (Å²) in [6.45, 7) is 1.64. The van der Waals surface area contributed by atoms with Crippen molar-refractivity contribution in [3.63, 3.8) is 0 Å². The molecule has 26 heavy (non-hydrogen) atoms. The summed E-state index contributed by atoms with van der Waals surface area (Å²) >= 11 is 0. The molecule has 0 spiro atoms. The number of aromatic nitrogens is 1. The monoisotopic (exact) mass is 361 g/mol. The van der Waals surface area contributed by atoms with E-state index < -0.39 is 12.1 Å². The summed E-state index contributed by atoms with van der Waals surface area (Å²) in [7, 11) is 1.53. The predicted octanol–water partition coefficient (Wildman–Crippen LogP) is 1.36. The number of hydrogen-bond donors (Lipinski definition) is 2. The Morgan fingerprint density at radius 3 is 2.77 bits per heavy atom. The molecule has 2 aliphatic rings. The minimum atomic E-state index is -0.644. The van der Waals surface area contributed by atoms with Crippen molar-refractivity contribution in [2.24, 2.45) is 5.92 Å². The standard InChI is InChI=1S/C19H27N3O4/c1-26-14-7-8-20-16(12-14)18(24)21-15-11-13(5-6-17(15)23)19(25)22-9-3-2-4-10-22/h7-8,12-13,15,17,23H,2-6,9-11H2,1H3,(H,21,24)/t13-,15+,17+/m0/s1. The van der Waals surface area contributed by atoms with E-state index in [0.29, 0.717) is 25.0 Å². The topological polar surface area (TPSA) is 91.8 Å². The van der Waals surface area contributed by atoms with Gasteiger partial charge in [0.1, 0.15) is 11.4 Å². The average molecular weight is 361 g/mol. The van der Waals surface area contributed by atoms with Crippen molar-refractivity contribution < 1.29 is 19.4 Å². The molecule has 7 heteroatoms. The molecule has 1 saturated heterocycles. The second kappa shape index (κ2) is 8.49. The molecular formula is C19H27N3O4. The molecule has 0 radical (unpaired) electrons. The number of hydrogen-bond acceptors (Lipinski definition) is 5. The number of aliphatic hydroxyl groups is 1. The molecule has 2 amide bonds. The number of ether oxygens (including phenoxy) is 1. The van der Waals surface area contributed by atoms with E-state index in [1.165, 1.54) is 19.7 Å². The maximum Gasteiger partial charge on any atom is 0.270 e. The number of nitrogens with zero attached hydrogens (tertiary/aromatic N) is 2. The number of methoxy groups -OCH3 is 1. The molecule has 7 nitrogen and oxygen atoms in total. The molecule has 0 bridgehead atoms. The van der Waals surface area contributed by atoms with E-state index in [2.05, 4.69) is 10.3 Å². The van der Waals surface area contributed by atoms with Gasteiger partial charge in [-0.05, 0) is 44.6 Å². The lowest BCUT2D eigenvalue weighted by molar-refractivity contribution is -0.138. The van der Waals surface area contributed by atoms with Crippen LogP contribution in [0.2, 0.25) is 0 Å². The van der Waals surface area contributed by atoms with Gasteiger partial charge in [-0.25, -0.2) is 0 Å². The molecule has 2 heterocycles. The molecule has 1 saturated carbocycles. The zero-order chi connectivity index (χ0) is 18.5. The number of piperidine rings is 1. The maximum absolute atomic E-state index is 12.7. The summed E-state index contributed by atoms with van der Waals surface area (Å²) in [4.78, 5) is 31.2. The lowest BCUT2D eigenvalue weighted by Crippen LogP contribution is -2.50. The van der Waals surface area contributed by atoms with Crippen molar-refractivity contribution in [1.82, 2.24) is 15.2 Å². The van der Waals surface area contributed by atoms with Crippen LogP contribution in [0.4, 0.5) is 0 Å². The Labute approximate surface area is 153 Å². The van der Waals surface area contributed by atoms with Crippen molar-refractivity contribution in [3.8, 4) is 5.75 Å². The zero-order valence-electron chi connectivity index (χ0n) is 15.2. The maximum atomic E-state index is 12.7. The van der Waals surface area contributed by atoms with E-state index in [-0.39, 0.29) is 23.4 Å². The summed E-state index contributed by atoms with van der Waals surface area (Å²) < 4.78 is 5.11. The first-order valence-corrected chi connectivity index (χ1v) is 9.36. The highest BCUT2D eigenvalue weighted by molar-refractivity contribution is 5.93. The summed E-state index contributed by atoms with van der Waals surface area (Å²) in [5.74, 6) is 0.210. The highest BCUT2D eigenvalue weighted by Crippen LogP contribution is 2.28. The number of nitrogens with one attached hydrogen (secondary N) is 1. The quantitative estimate of drug-likeness (QED) is 0.845.